The van der Waals surface area contributed by atoms with Gasteiger partial charge in [-0.2, -0.15) is 4.98 Å². The third-order valence-corrected chi connectivity index (χ3v) is 3.96. The molecule has 1 aromatic heterocycles. The molecular weight excluding hydrogens is 324 g/mol. The molecule has 3 aromatic rings. The molecule has 2 N–H and O–H groups in total. The Morgan fingerprint density at radius 3 is 2.50 bits per heavy atom. The second-order valence-electron chi connectivity index (χ2n) is 6.21. The molecule has 1 atom stereocenters. The lowest BCUT2D eigenvalue weighted by Crippen LogP contribution is -2.16. The van der Waals surface area contributed by atoms with Crippen molar-refractivity contribution < 1.29 is 4.74 Å². The molecule has 0 aliphatic carbocycles. The van der Waals surface area contributed by atoms with Crippen LogP contribution in [-0.2, 0) is 0 Å². The molecule has 0 saturated heterocycles. The number of para-hydroxylation sites is 3. The molecule has 0 saturated carbocycles. The maximum absolute atomic E-state index is 6.00. The zero-order valence-corrected chi connectivity index (χ0v) is 15.4. The van der Waals surface area contributed by atoms with Crippen molar-refractivity contribution in [3.8, 4) is 11.5 Å². The molecule has 0 bridgehead atoms. The Bertz CT molecular complexity index is 852. The number of aryl methyl sites for hydroxylation is 1. The number of rotatable bonds is 7. The van der Waals surface area contributed by atoms with Crippen LogP contribution >= 0.6 is 0 Å². The topological polar surface area (TPSA) is 59.1 Å². The van der Waals surface area contributed by atoms with Crippen LogP contribution in [0, 0.1) is 6.92 Å². The van der Waals surface area contributed by atoms with E-state index < -0.39 is 0 Å². The van der Waals surface area contributed by atoms with Gasteiger partial charge in [0.05, 0.1) is 5.69 Å². The van der Waals surface area contributed by atoms with E-state index in [2.05, 4.69) is 34.4 Å². The van der Waals surface area contributed by atoms with Crippen LogP contribution in [0.15, 0.2) is 60.7 Å². The van der Waals surface area contributed by atoms with E-state index in [-0.39, 0.29) is 0 Å². The van der Waals surface area contributed by atoms with Crippen LogP contribution in [0.1, 0.15) is 26.0 Å². The number of nitrogens with zero attached hydrogens (tertiary/aromatic N) is 2. The van der Waals surface area contributed by atoms with Crippen molar-refractivity contribution in [1.29, 1.82) is 0 Å². The fourth-order valence-electron chi connectivity index (χ4n) is 2.43. The van der Waals surface area contributed by atoms with Gasteiger partial charge in [-0.05, 0) is 44.5 Å². The predicted octanol–water partition coefficient (Wildman–Crippen LogP) is 5.53. The molecule has 5 nitrogen and oxygen atoms in total. The van der Waals surface area contributed by atoms with Crippen LogP contribution in [0.25, 0.3) is 0 Å². The highest BCUT2D eigenvalue weighted by molar-refractivity contribution is 5.65. The minimum absolute atomic E-state index is 0.318. The standard InChI is InChI=1S/C21H24N4O/c1-4-15(2)22-21-23-16(3)14-20(25-21)24-18-12-8-9-13-19(18)26-17-10-6-5-7-11-17/h5-15H,4H2,1-3H3,(H2,22,23,24,25). The molecule has 3 rings (SSSR count). The number of hydrogen-bond acceptors (Lipinski definition) is 5. The van der Waals surface area contributed by atoms with Crippen LogP contribution in [-0.4, -0.2) is 16.0 Å². The number of ether oxygens (including phenoxy) is 1. The normalized spacial score (nSPS) is 11.7. The van der Waals surface area contributed by atoms with Gasteiger partial charge in [0.25, 0.3) is 0 Å². The molecule has 0 radical (unpaired) electrons. The van der Waals surface area contributed by atoms with Gasteiger partial charge in [-0.1, -0.05) is 37.3 Å². The maximum Gasteiger partial charge on any atom is 0.225 e. The quantitative estimate of drug-likeness (QED) is 0.588. The Balaban J connectivity index is 1.83. The van der Waals surface area contributed by atoms with Crippen LogP contribution in [0.2, 0.25) is 0 Å². The van der Waals surface area contributed by atoms with E-state index >= 15 is 0 Å². The first kappa shape index (κ1) is 17.7. The number of nitrogens with one attached hydrogen (secondary N) is 2. The highest BCUT2D eigenvalue weighted by Crippen LogP contribution is 2.31. The minimum atomic E-state index is 0.318. The second kappa shape index (κ2) is 8.34. The van der Waals surface area contributed by atoms with E-state index in [4.69, 9.17) is 4.74 Å². The van der Waals surface area contributed by atoms with Gasteiger partial charge < -0.3 is 15.4 Å². The summed E-state index contributed by atoms with van der Waals surface area (Å²) in [4.78, 5) is 9.04. The molecular formula is C21H24N4O. The zero-order chi connectivity index (χ0) is 18.4. The molecule has 1 unspecified atom stereocenters. The molecule has 134 valence electrons. The monoisotopic (exact) mass is 348 g/mol. The number of hydrogen-bond donors (Lipinski definition) is 2. The first-order chi connectivity index (χ1) is 12.6. The summed E-state index contributed by atoms with van der Waals surface area (Å²) in [5, 5.41) is 6.67. The SMILES string of the molecule is CCC(C)Nc1nc(C)cc(Nc2ccccc2Oc2ccccc2)n1. The number of anilines is 3. The summed E-state index contributed by atoms with van der Waals surface area (Å²) in [6.45, 7) is 6.20. The Kier molecular flexibility index (Phi) is 5.69. The fourth-order valence-corrected chi connectivity index (χ4v) is 2.43. The van der Waals surface area contributed by atoms with Crippen molar-refractivity contribution in [1.82, 2.24) is 9.97 Å². The summed E-state index contributed by atoms with van der Waals surface area (Å²) in [5.74, 6) is 2.89. The van der Waals surface area contributed by atoms with Crippen molar-refractivity contribution >= 4 is 17.5 Å². The molecule has 1 heterocycles. The van der Waals surface area contributed by atoms with Crippen LogP contribution in [0.3, 0.4) is 0 Å². The zero-order valence-electron chi connectivity index (χ0n) is 15.4. The summed E-state index contributed by atoms with van der Waals surface area (Å²) in [6.07, 6.45) is 1.01. The lowest BCUT2D eigenvalue weighted by atomic mass is 10.2. The average Bonchev–Trinajstić information content (AvgIpc) is 2.63. The van der Waals surface area contributed by atoms with E-state index in [9.17, 15) is 0 Å². The second-order valence-corrected chi connectivity index (χ2v) is 6.21. The van der Waals surface area contributed by atoms with Gasteiger partial charge in [-0.25, -0.2) is 4.98 Å². The predicted molar refractivity (Wildman–Crippen MR) is 106 cm³/mol. The Morgan fingerprint density at radius 1 is 1.00 bits per heavy atom. The summed E-state index contributed by atoms with van der Waals surface area (Å²) in [7, 11) is 0. The Morgan fingerprint density at radius 2 is 1.73 bits per heavy atom. The maximum atomic E-state index is 6.00. The molecule has 2 aromatic carbocycles. The van der Waals surface area contributed by atoms with E-state index in [1.807, 2.05) is 67.6 Å². The third kappa shape index (κ3) is 4.72. The van der Waals surface area contributed by atoms with Gasteiger partial charge in [-0.3, -0.25) is 0 Å². The average molecular weight is 348 g/mol. The van der Waals surface area contributed by atoms with E-state index in [0.717, 1.165) is 35.1 Å². The van der Waals surface area contributed by atoms with Crippen LogP contribution in [0.5, 0.6) is 11.5 Å². The van der Waals surface area contributed by atoms with Gasteiger partial charge in [0.15, 0.2) is 5.75 Å². The molecule has 5 heteroatoms. The fraction of sp³-hybridized carbons (Fsp3) is 0.238. The van der Waals surface area contributed by atoms with Gasteiger partial charge in [0.1, 0.15) is 11.6 Å². The van der Waals surface area contributed by atoms with Crippen molar-refractivity contribution in [3.63, 3.8) is 0 Å². The van der Waals surface area contributed by atoms with Gasteiger partial charge in [0.2, 0.25) is 5.95 Å². The first-order valence-electron chi connectivity index (χ1n) is 8.85. The van der Waals surface area contributed by atoms with E-state index in [0.29, 0.717) is 12.0 Å². The molecule has 0 aliphatic heterocycles. The highest BCUT2D eigenvalue weighted by atomic mass is 16.5. The summed E-state index contributed by atoms with van der Waals surface area (Å²) >= 11 is 0. The third-order valence-electron chi connectivity index (χ3n) is 3.96. The lowest BCUT2D eigenvalue weighted by molar-refractivity contribution is 0.485. The summed E-state index contributed by atoms with van der Waals surface area (Å²) in [5.41, 5.74) is 1.75. The van der Waals surface area contributed by atoms with Gasteiger partial charge in [0, 0.05) is 17.8 Å². The smallest absolute Gasteiger partial charge is 0.225 e. The van der Waals surface area contributed by atoms with Crippen molar-refractivity contribution in [2.75, 3.05) is 10.6 Å². The summed E-state index contributed by atoms with van der Waals surface area (Å²) < 4.78 is 6.00. The largest absolute Gasteiger partial charge is 0.455 e. The molecule has 0 amide bonds. The van der Waals surface area contributed by atoms with Crippen molar-refractivity contribution in [3.05, 3.63) is 66.4 Å². The molecule has 0 fully saturated rings. The Labute approximate surface area is 154 Å². The molecule has 26 heavy (non-hydrogen) atoms. The van der Waals surface area contributed by atoms with Crippen molar-refractivity contribution in [2.45, 2.75) is 33.2 Å². The van der Waals surface area contributed by atoms with Gasteiger partial charge >= 0.3 is 0 Å². The minimum Gasteiger partial charge on any atom is -0.455 e. The van der Waals surface area contributed by atoms with Gasteiger partial charge in [-0.15, -0.1) is 0 Å². The van der Waals surface area contributed by atoms with Crippen LogP contribution < -0.4 is 15.4 Å². The van der Waals surface area contributed by atoms with Crippen LogP contribution in [0.4, 0.5) is 17.5 Å². The molecule has 0 aliphatic rings. The first-order valence-corrected chi connectivity index (χ1v) is 8.85. The van der Waals surface area contributed by atoms with Crippen molar-refractivity contribution in [2.24, 2.45) is 0 Å². The lowest BCUT2D eigenvalue weighted by Gasteiger charge is -2.15. The number of aromatic nitrogens is 2. The van der Waals surface area contributed by atoms with E-state index in [1.165, 1.54) is 0 Å². The Hall–Kier alpha value is -3.08. The molecule has 0 spiro atoms. The number of benzene rings is 2. The summed E-state index contributed by atoms with van der Waals surface area (Å²) in [6, 6.07) is 19.8. The van der Waals surface area contributed by atoms with E-state index in [1.54, 1.807) is 0 Å². The highest BCUT2D eigenvalue weighted by Gasteiger charge is 2.09.